The van der Waals surface area contributed by atoms with E-state index in [2.05, 4.69) is 58.2 Å². The summed E-state index contributed by atoms with van der Waals surface area (Å²) < 4.78 is 1.71. The first-order chi connectivity index (χ1) is 18.0. The van der Waals surface area contributed by atoms with Crippen molar-refractivity contribution in [3.63, 3.8) is 0 Å². The van der Waals surface area contributed by atoms with E-state index >= 15 is 0 Å². The molecule has 2 fully saturated rings. The smallest absolute Gasteiger partial charge is 0.254 e. The average molecular weight is 497 g/mol. The highest BCUT2D eigenvalue weighted by Gasteiger charge is 2.39. The molecule has 0 bridgehead atoms. The van der Waals surface area contributed by atoms with Crippen molar-refractivity contribution in [1.29, 1.82) is 5.26 Å². The second-order valence-electron chi connectivity index (χ2n) is 10.2. The summed E-state index contributed by atoms with van der Waals surface area (Å²) in [5.41, 5.74) is 8.87. The van der Waals surface area contributed by atoms with Crippen molar-refractivity contribution >= 4 is 17.6 Å². The van der Waals surface area contributed by atoms with Gasteiger partial charge < -0.3 is 16.4 Å². The third kappa shape index (κ3) is 5.57. The van der Waals surface area contributed by atoms with Crippen LogP contribution in [0.4, 0.5) is 5.82 Å². The van der Waals surface area contributed by atoms with E-state index in [0.29, 0.717) is 6.04 Å². The van der Waals surface area contributed by atoms with Crippen molar-refractivity contribution < 1.29 is 9.59 Å². The van der Waals surface area contributed by atoms with Crippen molar-refractivity contribution in [1.82, 2.24) is 15.1 Å². The van der Waals surface area contributed by atoms with E-state index in [1.54, 1.807) is 10.9 Å². The number of hydrogen-bond donors (Lipinski definition) is 3. The van der Waals surface area contributed by atoms with Gasteiger partial charge in [-0.15, -0.1) is 0 Å². The highest BCUT2D eigenvalue weighted by atomic mass is 16.2. The number of carbonyl (C=O) groups is 2. The molecule has 0 radical (unpaired) electrons. The Morgan fingerprint density at radius 1 is 1.03 bits per heavy atom. The third-order valence-electron chi connectivity index (χ3n) is 7.64. The minimum Gasteiger partial charge on any atom is -0.365 e. The summed E-state index contributed by atoms with van der Waals surface area (Å²) in [5, 5.41) is 20.6. The summed E-state index contributed by atoms with van der Waals surface area (Å²) in [6.07, 6.45) is 6.80. The van der Waals surface area contributed by atoms with Gasteiger partial charge in [0, 0.05) is 24.7 Å². The highest BCUT2D eigenvalue weighted by Crippen LogP contribution is 2.39. The van der Waals surface area contributed by atoms with Crippen LogP contribution in [0.5, 0.6) is 0 Å². The van der Waals surface area contributed by atoms with Crippen LogP contribution in [0.1, 0.15) is 60.9 Å². The van der Waals surface area contributed by atoms with Crippen LogP contribution in [0, 0.1) is 17.2 Å². The van der Waals surface area contributed by atoms with Crippen LogP contribution in [-0.2, 0) is 16.9 Å². The van der Waals surface area contributed by atoms with Gasteiger partial charge in [-0.2, -0.15) is 10.4 Å². The van der Waals surface area contributed by atoms with E-state index in [-0.39, 0.29) is 29.6 Å². The number of hydrogen-bond acceptors (Lipinski definition) is 5. The lowest BCUT2D eigenvalue weighted by atomic mass is 9.77. The van der Waals surface area contributed by atoms with E-state index in [1.165, 1.54) is 16.7 Å². The summed E-state index contributed by atoms with van der Waals surface area (Å²) >= 11 is 0. The number of benzene rings is 2. The number of nitrogens with one attached hydrogen (secondary N) is 2. The van der Waals surface area contributed by atoms with Crippen LogP contribution in [0.2, 0.25) is 0 Å². The molecule has 0 aliphatic heterocycles. The fourth-order valence-corrected chi connectivity index (χ4v) is 5.15. The molecule has 0 atom stereocenters. The molecule has 1 heterocycles. The maximum Gasteiger partial charge on any atom is 0.254 e. The molecular formula is C29H32N6O2. The summed E-state index contributed by atoms with van der Waals surface area (Å²) in [7, 11) is 0. The van der Waals surface area contributed by atoms with Crippen LogP contribution >= 0.6 is 0 Å². The van der Waals surface area contributed by atoms with E-state index in [9.17, 15) is 14.9 Å². The Labute approximate surface area is 216 Å². The van der Waals surface area contributed by atoms with E-state index in [1.807, 2.05) is 18.2 Å². The molecule has 2 aliphatic carbocycles. The zero-order valence-corrected chi connectivity index (χ0v) is 20.8. The van der Waals surface area contributed by atoms with Gasteiger partial charge in [0.2, 0.25) is 5.91 Å². The Morgan fingerprint density at radius 3 is 2.32 bits per heavy atom. The maximum atomic E-state index is 12.3. The predicted octanol–water partition coefficient (Wildman–Crippen LogP) is 4.34. The monoisotopic (exact) mass is 496 g/mol. The molecule has 2 amide bonds. The predicted molar refractivity (Wildman–Crippen MR) is 141 cm³/mol. The quantitative estimate of drug-likeness (QED) is 0.406. The van der Waals surface area contributed by atoms with Gasteiger partial charge in [-0.05, 0) is 55.2 Å². The Kier molecular flexibility index (Phi) is 7.06. The SMILES string of the molecule is N#CCC1(n2cc(C(N)=O)c(NC(=O)C3CC3)n2)CCC(NCc2ccc(-c3ccccc3)cc2)CC1. The molecule has 0 spiro atoms. The molecule has 1 aromatic heterocycles. The second kappa shape index (κ2) is 10.6. The minimum absolute atomic E-state index is 0.0185. The molecule has 37 heavy (non-hydrogen) atoms. The third-order valence-corrected chi connectivity index (χ3v) is 7.64. The van der Waals surface area contributed by atoms with Gasteiger partial charge in [-0.25, -0.2) is 0 Å². The molecule has 0 saturated heterocycles. The summed E-state index contributed by atoms with van der Waals surface area (Å²) in [5.74, 6) is -0.596. The average Bonchev–Trinajstić information content (AvgIpc) is 3.69. The second-order valence-corrected chi connectivity index (χ2v) is 10.2. The van der Waals surface area contributed by atoms with Gasteiger partial charge in [0.1, 0.15) is 5.56 Å². The van der Waals surface area contributed by atoms with Gasteiger partial charge in [0.25, 0.3) is 5.91 Å². The van der Waals surface area contributed by atoms with Crippen LogP contribution < -0.4 is 16.4 Å². The number of nitrogens with zero attached hydrogens (tertiary/aromatic N) is 3. The van der Waals surface area contributed by atoms with E-state index in [4.69, 9.17) is 5.73 Å². The molecule has 2 saturated carbocycles. The number of amides is 2. The number of primary amides is 1. The number of nitriles is 1. The summed E-state index contributed by atoms with van der Waals surface area (Å²) in [6, 6.07) is 21.6. The molecule has 3 aromatic rings. The molecule has 5 rings (SSSR count). The number of rotatable bonds is 9. The fourth-order valence-electron chi connectivity index (χ4n) is 5.15. The molecule has 8 heteroatoms. The van der Waals surface area contributed by atoms with E-state index < -0.39 is 11.4 Å². The zero-order valence-electron chi connectivity index (χ0n) is 20.8. The number of aromatic nitrogens is 2. The Balaban J connectivity index is 1.22. The molecule has 0 unspecified atom stereocenters. The van der Waals surface area contributed by atoms with Gasteiger partial charge in [0.05, 0.1) is 18.0 Å². The molecule has 190 valence electrons. The maximum absolute atomic E-state index is 12.3. The molecular weight excluding hydrogens is 464 g/mol. The van der Waals surface area contributed by atoms with Gasteiger partial charge in [0.15, 0.2) is 5.82 Å². The Hall–Kier alpha value is -3.96. The van der Waals surface area contributed by atoms with Crippen molar-refractivity contribution in [2.75, 3.05) is 5.32 Å². The standard InChI is InChI=1S/C29H32N6O2/c30-17-16-29(35-19-25(26(31)36)27(34-35)33-28(37)23-10-11-23)14-12-24(13-15-29)32-18-20-6-8-22(9-7-20)21-4-2-1-3-5-21/h1-9,19,23-24,32H,10-16,18H2,(H2,31,36)(H,33,34,37). The number of anilines is 1. The Morgan fingerprint density at radius 2 is 1.70 bits per heavy atom. The fraction of sp³-hybridized carbons (Fsp3) is 0.379. The zero-order chi connectivity index (χ0) is 25.8. The molecule has 2 aromatic carbocycles. The first-order valence-corrected chi connectivity index (χ1v) is 12.9. The normalized spacial score (nSPS) is 21.2. The van der Waals surface area contributed by atoms with E-state index in [0.717, 1.165) is 45.1 Å². The first-order valence-electron chi connectivity index (χ1n) is 12.9. The highest BCUT2D eigenvalue weighted by molar-refractivity contribution is 6.02. The van der Waals surface area contributed by atoms with Crippen LogP contribution in [0.15, 0.2) is 60.8 Å². The lowest BCUT2D eigenvalue weighted by Crippen LogP contribution is -2.43. The summed E-state index contributed by atoms with van der Waals surface area (Å²) in [4.78, 5) is 24.4. The summed E-state index contributed by atoms with van der Waals surface area (Å²) in [6.45, 7) is 0.774. The minimum atomic E-state index is -0.641. The molecule has 4 N–H and O–H groups in total. The number of nitrogens with two attached hydrogens (primary N) is 1. The van der Waals surface area contributed by atoms with Crippen molar-refractivity contribution in [2.24, 2.45) is 11.7 Å². The molecule has 8 nitrogen and oxygen atoms in total. The van der Waals surface area contributed by atoms with Crippen molar-refractivity contribution in [2.45, 2.75) is 63.1 Å². The lowest BCUT2D eigenvalue weighted by molar-refractivity contribution is -0.117. The van der Waals surface area contributed by atoms with Gasteiger partial charge in [-0.3, -0.25) is 14.3 Å². The van der Waals surface area contributed by atoms with Crippen molar-refractivity contribution in [3.05, 3.63) is 71.9 Å². The van der Waals surface area contributed by atoms with Gasteiger partial charge in [-0.1, -0.05) is 54.6 Å². The number of carbonyl (C=O) groups excluding carboxylic acids is 2. The largest absolute Gasteiger partial charge is 0.365 e. The Bertz CT molecular complexity index is 1300. The van der Waals surface area contributed by atoms with Crippen LogP contribution in [0.3, 0.4) is 0 Å². The van der Waals surface area contributed by atoms with Gasteiger partial charge >= 0.3 is 0 Å². The van der Waals surface area contributed by atoms with Crippen LogP contribution in [-0.4, -0.2) is 27.6 Å². The van der Waals surface area contributed by atoms with Crippen LogP contribution in [0.25, 0.3) is 11.1 Å². The topological polar surface area (TPSA) is 126 Å². The van der Waals surface area contributed by atoms with Crippen molar-refractivity contribution in [3.8, 4) is 17.2 Å². The lowest BCUT2D eigenvalue weighted by Gasteiger charge is -2.39. The molecule has 2 aliphatic rings. The first kappa shape index (κ1) is 24.7.